The van der Waals surface area contributed by atoms with Crippen molar-refractivity contribution in [3.8, 4) is 17.6 Å². The van der Waals surface area contributed by atoms with E-state index in [1.807, 2.05) is 0 Å². The standard InChI is InChI=1S/C14H17NO3/c1-3-4-5-6-11(14(16)17)12-9-10(18-2)7-8-13(12)15/h7-9,11H,5-6,15H2,1-2H3,(H,16,17). The summed E-state index contributed by atoms with van der Waals surface area (Å²) >= 11 is 0. The molecule has 0 aliphatic rings. The van der Waals surface area contributed by atoms with E-state index in [4.69, 9.17) is 10.5 Å². The van der Waals surface area contributed by atoms with Crippen LogP contribution in [0.5, 0.6) is 5.75 Å². The average Bonchev–Trinajstić information content (AvgIpc) is 2.35. The van der Waals surface area contributed by atoms with E-state index in [-0.39, 0.29) is 0 Å². The van der Waals surface area contributed by atoms with Crippen LogP contribution in [0, 0.1) is 11.8 Å². The zero-order chi connectivity index (χ0) is 13.5. The lowest BCUT2D eigenvalue weighted by atomic mass is 9.93. The summed E-state index contributed by atoms with van der Waals surface area (Å²) in [6, 6.07) is 5.05. The van der Waals surface area contributed by atoms with Gasteiger partial charge in [0.25, 0.3) is 0 Å². The molecule has 0 bridgehead atoms. The first-order chi connectivity index (χ1) is 8.60. The van der Waals surface area contributed by atoms with Gasteiger partial charge in [0.05, 0.1) is 13.0 Å². The van der Waals surface area contributed by atoms with Crippen LogP contribution in [0.4, 0.5) is 5.69 Å². The van der Waals surface area contributed by atoms with E-state index in [2.05, 4.69) is 11.8 Å². The highest BCUT2D eigenvalue weighted by molar-refractivity contribution is 5.79. The second-order valence-corrected chi connectivity index (χ2v) is 3.85. The first-order valence-electron chi connectivity index (χ1n) is 5.66. The molecule has 1 atom stereocenters. The highest BCUT2D eigenvalue weighted by Gasteiger charge is 2.22. The molecule has 0 aromatic heterocycles. The predicted octanol–water partition coefficient (Wildman–Crippen LogP) is 2.25. The molecule has 0 aliphatic carbocycles. The fourth-order valence-electron chi connectivity index (χ4n) is 1.74. The number of carbonyl (C=O) groups is 1. The molecule has 0 radical (unpaired) electrons. The van der Waals surface area contributed by atoms with Gasteiger partial charge in [-0.3, -0.25) is 4.79 Å². The van der Waals surface area contributed by atoms with Crippen LogP contribution in [0.1, 0.15) is 31.2 Å². The zero-order valence-electron chi connectivity index (χ0n) is 10.6. The van der Waals surface area contributed by atoms with Gasteiger partial charge in [-0.2, -0.15) is 0 Å². The van der Waals surface area contributed by atoms with Crippen molar-refractivity contribution in [3.05, 3.63) is 23.8 Å². The van der Waals surface area contributed by atoms with E-state index >= 15 is 0 Å². The number of benzene rings is 1. The van der Waals surface area contributed by atoms with Gasteiger partial charge < -0.3 is 15.6 Å². The highest BCUT2D eigenvalue weighted by Crippen LogP contribution is 2.30. The van der Waals surface area contributed by atoms with Gasteiger partial charge in [-0.25, -0.2) is 0 Å². The van der Waals surface area contributed by atoms with Crippen molar-refractivity contribution in [3.63, 3.8) is 0 Å². The summed E-state index contributed by atoms with van der Waals surface area (Å²) in [4.78, 5) is 11.3. The van der Waals surface area contributed by atoms with Crippen LogP contribution in [0.3, 0.4) is 0 Å². The van der Waals surface area contributed by atoms with E-state index in [1.54, 1.807) is 25.1 Å². The fourth-order valence-corrected chi connectivity index (χ4v) is 1.74. The maximum absolute atomic E-state index is 11.3. The van der Waals surface area contributed by atoms with Gasteiger partial charge in [0.2, 0.25) is 0 Å². The number of nitrogens with two attached hydrogens (primary N) is 1. The molecule has 18 heavy (non-hydrogen) atoms. The molecule has 0 heterocycles. The summed E-state index contributed by atoms with van der Waals surface area (Å²) in [5, 5.41) is 9.27. The van der Waals surface area contributed by atoms with Gasteiger partial charge in [-0.15, -0.1) is 11.8 Å². The van der Waals surface area contributed by atoms with E-state index in [0.717, 1.165) is 0 Å². The minimum atomic E-state index is -0.896. The Bertz CT molecular complexity index is 486. The van der Waals surface area contributed by atoms with Gasteiger partial charge in [-0.1, -0.05) is 0 Å². The molecular formula is C14H17NO3. The normalized spacial score (nSPS) is 11.2. The Labute approximate surface area is 107 Å². The molecule has 0 amide bonds. The summed E-state index contributed by atoms with van der Waals surface area (Å²) in [6.45, 7) is 1.73. The summed E-state index contributed by atoms with van der Waals surface area (Å²) in [7, 11) is 1.54. The van der Waals surface area contributed by atoms with Gasteiger partial charge in [0, 0.05) is 12.1 Å². The minimum Gasteiger partial charge on any atom is -0.497 e. The van der Waals surface area contributed by atoms with Crippen molar-refractivity contribution in [2.45, 2.75) is 25.7 Å². The molecule has 4 heteroatoms. The van der Waals surface area contributed by atoms with Crippen molar-refractivity contribution < 1.29 is 14.6 Å². The summed E-state index contributed by atoms with van der Waals surface area (Å²) < 4.78 is 5.09. The number of hydrogen-bond donors (Lipinski definition) is 2. The number of hydrogen-bond acceptors (Lipinski definition) is 3. The lowest BCUT2D eigenvalue weighted by Crippen LogP contribution is -2.13. The van der Waals surface area contributed by atoms with E-state index < -0.39 is 11.9 Å². The molecule has 0 spiro atoms. The summed E-state index contributed by atoms with van der Waals surface area (Å²) in [5.41, 5.74) is 6.88. The molecule has 0 aliphatic heterocycles. The first-order valence-corrected chi connectivity index (χ1v) is 5.66. The van der Waals surface area contributed by atoms with E-state index in [9.17, 15) is 9.90 Å². The third-order valence-corrected chi connectivity index (χ3v) is 2.70. The Morgan fingerprint density at radius 3 is 2.83 bits per heavy atom. The maximum Gasteiger partial charge on any atom is 0.311 e. The zero-order valence-corrected chi connectivity index (χ0v) is 10.6. The second kappa shape index (κ2) is 6.55. The van der Waals surface area contributed by atoms with Crippen molar-refractivity contribution in [2.75, 3.05) is 12.8 Å². The molecule has 1 rings (SSSR count). The van der Waals surface area contributed by atoms with Crippen molar-refractivity contribution in [1.29, 1.82) is 0 Å². The predicted molar refractivity (Wildman–Crippen MR) is 70.5 cm³/mol. The molecule has 1 aromatic rings. The van der Waals surface area contributed by atoms with Crippen LogP contribution in [-0.4, -0.2) is 18.2 Å². The Hall–Kier alpha value is -2.15. The molecule has 1 aromatic carbocycles. The first kappa shape index (κ1) is 13.9. The number of anilines is 1. The van der Waals surface area contributed by atoms with Crippen molar-refractivity contribution in [2.24, 2.45) is 0 Å². The summed E-state index contributed by atoms with van der Waals surface area (Å²) in [5.74, 6) is 4.67. The van der Waals surface area contributed by atoms with Crippen molar-refractivity contribution >= 4 is 11.7 Å². The van der Waals surface area contributed by atoms with Crippen LogP contribution in [0.25, 0.3) is 0 Å². The molecule has 96 valence electrons. The Balaban J connectivity index is 3.03. The van der Waals surface area contributed by atoms with E-state index in [0.29, 0.717) is 29.8 Å². The molecule has 4 nitrogen and oxygen atoms in total. The van der Waals surface area contributed by atoms with Crippen LogP contribution in [0.15, 0.2) is 18.2 Å². The molecule has 1 unspecified atom stereocenters. The smallest absolute Gasteiger partial charge is 0.311 e. The number of carboxylic acid groups (broad SMARTS) is 1. The van der Waals surface area contributed by atoms with Crippen LogP contribution in [0.2, 0.25) is 0 Å². The second-order valence-electron chi connectivity index (χ2n) is 3.85. The Morgan fingerprint density at radius 1 is 1.56 bits per heavy atom. The van der Waals surface area contributed by atoms with Gasteiger partial charge in [0.1, 0.15) is 5.75 Å². The lowest BCUT2D eigenvalue weighted by Gasteiger charge is -2.15. The monoisotopic (exact) mass is 247 g/mol. The van der Waals surface area contributed by atoms with E-state index in [1.165, 1.54) is 7.11 Å². The third-order valence-electron chi connectivity index (χ3n) is 2.70. The highest BCUT2D eigenvalue weighted by atomic mass is 16.5. The number of aliphatic carboxylic acids is 1. The fraction of sp³-hybridized carbons (Fsp3) is 0.357. The average molecular weight is 247 g/mol. The lowest BCUT2D eigenvalue weighted by molar-refractivity contribution is -0.138. The largest absolute Gasteiger partial charge is 0.497 e. The van der Waals surface area contributed by atoms with Crippen LogP contribution < -0.4 is 10.5 Å². The SMILES string of the molecule is CC#CCCC(C(=O)O)c1cc(OC)ccc1N. The molecule has 0 saturated heterocycles. The van der Waals surface area contributed by atoms with Gasteiger partial charge in [-0.05, 0) is 37.1 Å². The number of carboxylic acids is 1. The topological polar surface area (TPSA) is 72.5 Å². The molecule has 0 saturated carbocycles. The quantitative estimate of drug-likeness (QED) is 0.618. The number of methoxy groups -OCH3 is 1. The van der Waals surface area contributed by atoms with Crippen LogP contribution >= 0.6 is 0 Å². The van der Waals surface area contributed by atoms with Crippen molar-refractivity contribution in [1.82, 2.24) is 0 Å². The minimum absolute atomic E-state index is 0.438. The number of rotatable bonds is 5. The third kappa shape index (κ3) is 3.42. The van der Waals surface area contributed by atoms with Gasteiger partial charge in [0.15, 0.2) is 0 Å². The molecule has 0 fully saturated rings. The number of nitrogen functional groups attached to an aromatic ring is 1. The maximum atomic E-state index is 11.3. The van der Waals surface area contributed by atoms with Gasteiger partial charge >= 0.3 is 5.97 Å². The number of ether oxygens (including phenoxy) is 1. The molecule has 3 N–H and O–H groups in total. The molecular weight excluding hydrogens is 230 g/mol. The Kier molecular flexibility index (Phi) is 5.06. The van der Waals surface area contributed by atoms with Crippen LogP contribution in [-0.2, 0) is 4.79 Å². The Morgan fingerprint density at radius 2 is 2.28 bits per heavy atom. The summed E-state index contributed by atoms with van der Waals surface area (Å²) in [6.07, 6.45) is 0.970.